The fourth-order valence-electron chi connectivity index (χ4n) is 3.59. The molecule has 0 atom stereocenters. The number of amides is 1. The zero-order valence-electron chi connectivity index (χ0n) is 15.0. The van der Waals surface area contributed by atoms with E-state index >= 15 is 0 Å². The van der Waals surface area contributed by atoms with E-state index in [0.29, 0.717) is 11.3 Å². The molecular weight excluding hydrogens is 329 g/mol. The van der Waals surface area contributed by atoms with Crippen molar-refractivity contribution in [1.29, 1.82) is 0 Å². The molecule has 1 aliphatic carbocycles. The Labute approximate surface area is 154 Å². The molecule has 0 radical (unpaired) electrons. The zero-order chi connectivity index (χ0) is 18.4. The summed E-state index contributed by atoms with van der Waals surface area (Å²) >= 11 is 0. The molecular formula is C21H26FN3O. The highest BCUT2D eigenvalue weighted by molar-refractivity contribution is 5.94. The molecule has 1 aromatic heterocycles. The number of carbonyl (C=O) groups excluding carboxylic acids is 1. The molecule has 1 heterocycles. The van der Waals surface area contributed by atoms with E-state index in [1.165, 1.54) is 44.6 Å². The second kappa shape index (κ2) is 8.90. The molecule has 0 spiro atoms. The molecule has 3 rings (SSSR count). The number of hydrogen-bond donors (Lipinski definition) is 2. The first-order valence-corrected chi connectivity index (χ1v) is 9.38. The Kier molecular flexibility index (Phi) is 6.34. The van der Waals surface area contributed by atoms with Gasteiger partial charge in [0.2, 0.25) is 5.91 Å². The van der Waals surface area contributed by atoms with Gasteiger partial charge in [-0.05, 0) is 48.7 Å². The Morgan fingerprint density at radius 2 is 2.00 bits per heavy atom. The predicted octanol–water partition coefficient (Wildman–Crippen LogP) is 4.05. The van der Waals surface area contributed by atoms with Crippen LogP contribution in [0.3, 0.4) is 0 Å². The van der Waals surface area contributed by atoms with Gasteiger partial charge in [-0.3, -0.25) is 9.78 Å². The molecule has 1 saturated carbocycles. The van der Waals surface area contributed by atoms with Crippen LogP contribution in [0.15, 0.2) is 36.5 Å². The van der Waals surface area contributed by atoms with Crippen molar-refractivity contribution in [3.8, 4) is 11.3 Å². The fourth-order valence-corrected chi connectivity index (χ4v) is 3.59. The molecule has 3 N–H and O–H groups in total. The summed E-state index contributed by atoms with van der Waals surface area (Å²) in [4.78, 5) is 15.7. The van der Waals surface area contributed by atoms with Crippen LogP contribution in [0, 0.1) is 11.7 Å². The highest BCUT2D eigenvalue weighted by Crippen LogP contribution is 2.25. The van der Waals surface area contributed by atoms with E-state index in [0.717, 1.165) is 30.6 Å². The summed E-state index contributed by atoms with van der Waals surface area (Å²) in [7, 11) is 0. The molecule has 1 amide bonds. The Bertz CT molecular complexity index is 739. The van der Waals surface area contributed by atoms with Crippen molar-refractivity contribution in [2.45, 2.75) is 45.1 Å². The number of benzene rings is 1. The lowest BCUT2D eigenvalue weighted by atomic mass is 9.87. The van der Waals surface area contributed by atoms with Crippen LogP contribution in [0.4, 0.5) is 4.39 Å². The predicted molar refractivity (Wildman–Crippen MR) is 101 cm³/mol. The maximum Gasteiger partial charge on any atom is 0.248 e. The number of pyridine rings is 1. The summed E-state index contributed by atoms with van der Waals surface area (Å²) in [5.41, 5.74) is 7.65. The molecule has 0 aliphatic heterocycles. The lowest BCUT2D eigenvalue weighted by molar-refractivity contribution is 0.1000. The number of nitrogens with two attached hydrogens (primary N) is 1. The van der Waals surface area contributed by atoms with E-state index < -0.39 is 11.7 Å². The first-order valence-electron chi connectivity index (χ1n) is 9.38. The van der Waals surface area contributed by atoms with Crippen LogP contribution in [0.25, 0.3) is 11.3 Å². The minimum absolute atomic E-state index is 0.148. The Hall–Kier alpha value is -2.27. The van der Waals surface area contributed by atoms with E-state index in [1.54, 1.807) is 12.3 Å². The van der Waals surface area contributed by atoms with Crippen LogP contribution in [0.1, 0.15) is 54.4 Å². The number of nitrogens with one attached hydrogen (secondary N) is 1. The second-order valence-electron chi connectivity index (χ2n) is 7.11. The molecule has 5 heteroatoms. The van der Waals surface area contributed by atoms with E-state index in [4.69, 9.17) is 5.73 Å². The molecule has 1 fully saturated rings. The van der Waals surface area contributed by atoms with Gasteiger partial charge in [0.15, 0.2) is 0 Å². The van der Waals surface area contributed by atoms with Gasteiger partial charge in [0, 0.05) is 23.9 Å². The maximum atomic E-state index is 13.7. The lowest BCUT2D eigenvalue weighted by Crippen LogP contribution is -2.19. The maximum absolute atomic E-state index is 13.7. The minimum Gasteiger partial charge on any atom is -0.366 e. The van der Waals surface area contributed by atoms with Gasteiger partial charge in [0.05, 0.1) is 5.69 Å². The molecule has 26 heavy (non-hydrogen) atoms. The Morgan fingerprint density at radius 1 is 1.19 bits per heavy atom. The number of nitrogens with zero attached hydrogens (tertiary/aromatic N) is 1. The van der Waals surface area contributed by atoms with Crippen LogP contribution in [-0.2, 0) is 6.54 Å². The Morgan fingerprint density at radius 3 is 2.69 bits per heavy atom. The van der Waals surface area contributed by atoms with Crippen molar-refractivity contribution in [2.75, 3.05) is 6.54 Å². The fraction of sp³-hybridized carbons (Fsp3) is 0.429. The van der Waals surface area contributed by atoms with Crippen molar-refractivity contribution >= 4 is 5.91 Å². The third-order valence-corrected chi connectivity index (χ3v) is 5.09. The van der Waals surface area contributed by atoms with E-state index in [-0.39, 0.29) is 5.56 Å². The van der Waals surface area contributed by atoms with Crippen LogP contribution in [-0.4, -0.2) is 17.4 Å². The van der Waals surface area contributed by atoms with Crippen molar-refractivity contribution in [3.63, 3.8) is 0 Å². The minimum atomic E-state index is -0.649. The van der Waals surface area contributed by atoms with Crippen molar-refractivity contribution in [1.82, 2.24) is 10.3 Å². The SMILES string of the molecule is NC(=O)c1cc(F)cc(-c2ccc(CNCCC3CCCCC3)cn2)c1. The summed E-state index contributed by atoms with van der Waals surface area (Å²) in [5, 5.41) is 3.48. The quantitative estimate of drug-likeness (QED) is 0.736. The summed E-state index contributed by atoms with van der Waals surface area (Å²) in [6.07, 6.45) is 9.94. The van der Waals surface area contributed by atoms with Crippen LogP contribution < -0.4 is 11.1 Å². The van der Waals surface area contributed by atoms with E-state index in [2.05, 4.69) is 10.3 Å². The molecule has 4 nitrogen and oxygen atoms in total. The molecule has 1 aromatic carbocycles. The van der Waals surface area contributed by atoms with Gasteiger partial charge in [0.1, 0.15) is 5.82 Å². The van der Waals surface area contributed by atoms with Crippen molar-refractivity contribution < 1.29 is 9.18 Å². The topological polar surface area (TPSA) is 68.0 Å². The van der Waals surface area contributed by atoms with Gasteiger partial charge in [-0.2, -0.15) is 0 Å². The lowest BCUT2D eigenvalue weighted by Gasteiger charge is -2.21. The number of carbonyl (C=O) groups is 1. The van der Waals surface area contributed by atoms with Gasteiger partial charge in [0.25, 0.3) is 0 Å². The van der Waals surface area contributed by atoms with Crippen LogP contribution >= 0.6 is 0 Å². The van der Waals surface area contributed by atoms with Crippen LogP contribution in [0.2, 0.25) is 0 Å². The Balaban J connectivity index is 1.54. The zero-order valence-corrected chi connectivity index (χ0v) is 15.0. The molecule has 0 saturated heterocycles. The second-order valence-corrected chi connectivity index (χ2v) is 7.11. The van der Waals surface area contributed by atoms with Gasteiger partial charge < -0.3 is 11.1 Å². The van der Waals surface area contributed by atoms with Crippen molar-refractivity contribution in [2.24, 2.45) is 11.7 Å². The average Bonchev–Trinajstić information content (AvgIpc) is 2.66. The monoisotopic (exact) mass is 355 g/mol. The molecule has 138 valence electrons. The summed E-state index contributed by atoms with van der Waals surface area (Å²) in [6, 6.07) is 7.88. The van der Waals surface area contributed by atoms with Crippen molar-refractivity contribution in [3.05, 3.63) is 53.5 Å². The van der Waals surface area contributed by atoms with E-state index in [9.17, 15) is 9.18 Å². The number of primary amides is 1. The van der Waals surface area contributed by atoms with Gasteiger partial charge in [-0.1, -0.05) is 38.2 Å². The number of halogens is 1. The molecule has 2 aromatic rings. The highest BCUT2D eigenvalue weighted by Gasteiger charge is 2.12. The number of rotatable bonds is 7. The molecule has 0 unspecified atom stereocenters. The summed E-state index contributed by atoms with van der Waals surface area (Å²) in [5.74, 6) is -0.264. The average molecular weight is 355 g/mol. The first kappa shape index (κ1) is 18.5. The van der Waals surface area contributed by atoms with Crippen LogP contribution in [0.5, 0.6) is 0 Å². The van der Waals surface area contributed by atoms with Gasteiger partial charge in [-0.15, -0.1) is 0 Å². The summed E-state index contributed by atoms with van der Waals surface area (Å²) < 4.78 is 13.7. The number of hydrogen-bond acceptors (Lipinski definition) is 3. The smallest absolute Gasteiger partial charge is 0.248 e. The molecule has 1 aliphatic rings. The summed E-state index contributed by atoms with van der Waals surface area (Å²) in [6.45, 7) is 1.80. The highest BCUT2D eigenvalue weighted by atomic mass is 19.1. The normalized spacial score (nSPS) is 15.1. The molecule has 0 bridgehead atoms. The van der Waals surface area contributed by atoms with E-state index in [1.807, 2.05) is 12.1 Å². The van der Waals surface area contributed by atoms with Gasteiger partial charge in [-0.25, -0.2) is 4.39 Å². The largest absolute Gasteiger partial charge is 0.366 e. The third-order valence-electron chi connectivity index (χ3n) is 5.09. The number of aromatic nitrogens is 1. The standard InChI is InChI=1S/C21H26FN3O/c22-19-11-17(10-18(12-19)21(23)26)20-7-6-16(14-25-20)13-24-9-8-15-4-2-1-3-5-15/h6-7,10-12,14-15,24H,1-5,8-9,13H2,(H2,23,26). The third kappa shape index (κ3) is 5.11. The van der Waals surface area contributed by atoms with Gasteiger partial charge >= 0.3 is 0 Å². The first-order chi connectivity index (χ1) is 12.6.